The molecule has 1 atom stereocenters. The van der Waals surface area contributed by atoms with Crippen molar-refractivity contribution in [2.75, 3.05) is 17.1 Å². The second-order valence-corrected chi connectivity index (χ2v) is 11.1. The highest BCUT2D eigenvalue weighted by Gasteiger charge is 2.34. The molecular formula is C23H26Cl2F3N3O4S. The fourth-order valence-electron chi connectivity index (χ4n) is 3.27. The van der Waals surface area contributed by atoms with E-state index in [-0.39, 0.29) is 17.6 Å². The van der Waals surface area contributed by atoms with E-state index >= 15 is 0 Å². The summed E-state index contributed by atoms with van der Waals surface area (Å²) in [6.07, 6.45) is -4.03. The molecule has 0 saturated heterocycles. The molecule has 198 valence electrons. The molecule has 7 nitrogen and oxygen atoms in total. The number of halogens is 5. The van der Waals surface area contributed by atoms with E-state index in [0.717, 1.165) is 17.2 Å². The van der Waals surface area contributed by atoms with E-state index in [0.29, 0.717) is 27.0 Å². The van der Waals surface area contributed by atoms with E-state index in [1.165, 1.54) is 6.92 Å². The van der Waals surface area contributed by atoms with Gasteiger partial charge in [0, 0.05) is 17.6 Å². The van der Waals surface area contributed by atoms with Gasteiger partial charge in [0.1, 0.15) is 12.6 Å². The van der Waals surface area contributed by atoms with Gasteiger partial charge >= 0.3 is 6.18 Å². The standard InChI is InChI=1S/C23H26Cl2F3N3O4S/c1-14(2)29-22(33)15(3)30(12-16-7-5-6-8-18(16)24)21(32)13-31(36(4,34)35)20-11-17(23(26,27)28)9-10-19(20)25/h5-11,14-15H,12-13H2,1-4H3,(H,29,33)/t15-/m1/s1. The molecular weight excluding hydrogens is 542 g/mol. The van der Waals surface area contributed by atoms with E-state index in [9.17, 15) is 31.2 Å². The van der Waals surface area contributed by atoms with Gasteiger partial charge in [-0.3, -0.25) is 13.9 Å². The summed E-state index contributed by atoms with van der Waals surface area (Å²) in [6, 6.07) is 7.44. The number of amides is 2. The number of carbonyl (C=O) groups is 2. The lowest BCUT2D eigenvalue weighted by Gasteiger charge is -2.32. The van der Waals surface area contributed by atoms with Crippen molar-refractivity contribution < 1.29 is 31.2 Å². The number of alkyl halides is 3. The first kappa shape index (κ1) is 29.7. The van der Waals surface area contributed by atoms with Crippen LogP contribution in [0.1, 0.15) is 31.9 Å². The normalized spacial score (nSPS) is 12.8. The van der Waals surface area contributed by atoms with Crippen LogP contribution in [0.25, 0.3) is 0 Å². The molecule has 0 aromatic heterocycles. The van der Waals surface area contributed by atoms with Gasteiger partial charge in [-0.1, -0.05) is 41.4 Å². The summed E-state index contributed by atoms with van der Waals surface area (Å²) in [7, 11) is -4.27. The minimum Gasteiger partial charge on any atom is -0.352 e. The molecule has 36 heavy (non-hydrogen) atoms. The van der Waals surface area contributed by atoms with Crippen LogP contribution in [0.15, 0.2) is 42.5 Å². The maximum atomic E-state index is 13.4. The second kappa shape index (κ2) is 11.7. The third kappa shape index (κ3) is 7.75. The number of carbonyl (C=O) groups excluding carboxylic acids is 2. The average molecular weight is 568 g/mol. The van der Waals surface area contributed by atoms with E-state index < -0.39 is 51.9 Å². The zero-order valence-corrected chi connectivity index (χ0v) is 22.3. The maximum Gasteiger partial charge on any atom is 0.416 e. The number of rotatable bonds is 9. The summed E-state index contributed by atoms with van der Waals surface area (Å²) >= 11 is 12.3. The van der Waals surface area contributed by atoms with Crippen molar-refractivity contribution in [2.24, 2.45) is 0 Å². The Morgan fingerprint density at radius 3 is 2.17 bits per heavy atom. The van der Waals surface area contributed by atoms with Crippen LogP contribution in [-0.2, 0) is 32.3 Å². The lowest BCUT2D eigenvalue weighted by atomic mass is 10.1. The van der Waals surface area contributed by atoms with Crippen molar-refractivity contribution in [1.29, 1.82) is 0 Å². The Bertz CT molecular complexity index is 1220. The Labute approximate surface area is 218 Å². The first-order chi connectivity index (χ1) is 16.5. The SMILES string of the molecule is CC(C)NC(=O)[C@@H](C)N(Cc1ccccc1Cl)C(=O)CN(c1cc(C(F)(F)F)ccc1Cl)S(C)(=O)=O. The number of anilines is 1. The highest BCUT2D eigenvalue weighted by molar-refractivity contribution is 7.92. The van der Waals surface area contributed by atoms with Crippen molar-refractivity contribution >= 4 is 50.7 Å². The second-order valence-electron chi connectivity index (χ2n) is 8.39. The summed E-state index contributed by atoms with van der Waals surface area (Å²) in [5.41, 5.74) is -1.17. The van der Waals surface area contributed by atoms with Gasteiger partial charge in [-0.25, -0.2) is 8.42 Å². The topological polar surface area (TPSA) is 86.8 Å². The number of hydrogen-bond donors (Lipinski definition) is 1. The van der Waals surface area contributed by atoms with Gasteiger partial charge in [0.15, 0.2) is 0 Å². The molecule has 0 fully saturated rings. The summed E-state index contributed by atoms with van der Waals surface area (Å²) < 4.78 is 65.5. The first-order valence-corrected chi connectivity index (χ1v) is 13.3. The number of sulfonamides is 1. The molecule has 2 aromatic rings. The predicted molar refractivity (Wildman–Crippen MR) is 133 cm³/mol. The van der Waals surface area contributed by atoms with E-state index in [1.54, 1.807) is 38.1 Å². The van der Waals surface area contributed by atoms with E-state index in [4.69, 9.17) is 23.2 Å². The van der Waals surface area contributed by atoms with Crippen LogP contribution in [0.4, 0.5) is 18.9 Å². The van der Waals surface area contributed by atoms with Gasteiger partial charge < -0.3 is 10.2 Å². The highest BCUT2D eigenvalue weighted by atomic mass is 35.5. The quantitative estimate of drug-likeness (QED) is 0.475. The van der Waals surface area contributed by atoms with Crippen molar-refractivity contribution in [3.8, 4) is 0 Å². The molecule has 0 bridgehead atoms. The lowest BCUT2D eigenvalue weighted by molar-refractivity contribution is -0.139. The number of benzene rings is 2. The predicted octanol–water partition coefficient (Wildman–Crippen LogP) is 4.72. The van der Waals surface area contributed by atoms with E-state index in [1.807, 2.05) is 0 Å². The third-order valence-corrected chi connectivity index (χ3v) is 6.93. The highest BCUT2D eigenvalue weighted by Crippen LogP contribution is 2.36. The molecule has 2 rings (SSSR count). The van der Waals surface area contributed by atoms with Crippen LogP contribution < -0.4 is 9.62 Å². The van der Waals surface area contributed by atoms with Crippen molar-refractivity contribution in [3.63, 3.8) is 0 Å². The Hall–Kier alpha value is -2.50. The van der Waals surface area contributed by atoms with Crippen LogP contribution >= 0.6 is 23.2 Å². The molecule has 0 unspecified atom stereocenters. The molecule has 0 aliphatic heterocycles. The Morgan fingerprint density at radius 1 is 1.03 bits per heavy atom. The number of nitrogens with zero attached hydrogens (tertiary/aromatic N) is 2. The van der Waals surface area contributed by atoms with Gasteiger partial charge in [-0.2, -0.15) is 13.2 Å². The number of hydrogen-bond acceptors (Lipinski definition) is 4. The minimum absolute atomic E-state index is 0.154. The van der Waals surface area contributed by atoms with Gasteiger partial charge in [-0.05, 0) is 50.6 Å². The van der Waals surface area contributed by atoms with Gasteiger partial charge in [-0.15, -0.1) is 0 Å². The average Bonchev–Trinajstić information content (AvgIpc) is 2.74. The van der Waals surface area contributed by atoms with Crippen LogP contribution in [0.5, 0.6) is 0 Å². The summed E-state index contributed by atoms with van der Waals surface area (Å²) in [6.45, 7) is 3.86. The van der Waals surface area contributed by atoms with Crippen LogP contribution in [0, 0.1) is 0 Å². The van der Waals surface area contributed by atoms with E-state index in [2.05, 4.69) is 5.32 Å². The van der Waals surface area contributed by atoms with Gasteiger partial charge in [0.25, 0.3) is 0 Å². The Kier molecular flexibility index (Phi) is 9.66. The monoisotopic (exact) mass is 567 g/mol. The molecule has 0 spiro atoms. The Balaban J connectivity index is 2.52. The molecule has 2 amide bonds. The third-order valence-electron chi connectivity index (χ3n) is 5.12. The molecule has 0 aliphatic rings. The first-order valence-electron chi connectivity index (χ1n) is 10.7. The lowest BCUT2D eigenvalue weighted by Crippen LogP contribution is -2.52. The summed E-state index contributed by atoms with van der Waals surface area (Å²) in [4.78, 5) is 27.3. The zero-order chi connectivity index (χ0) is 27.4. The molecule has 0 saturated carbocycles. The van der Waals surface area contributed by atoms with Gasteiger partial charge in [0.2, 0.25) is 21.8 Å². The molecule has 2 aromatic carbocycles. The smallest absolute Gasteiger partial charge is 0.352 e. The largest absolute Gasteiger partial charge is 0.416 e. The summed E-state index contributed by atoms with van der Waals surface area (Å²) in [5, 5.41) is 2.69. The zero-order valence-electron chi connectivity index (χ0n) is 19.9. The number of nitrogens with one attached hydrogen (secondary N) is 1. The van der Waals surface area contributed by atoms with Crippen LogP contribution in [0.2, 0.25) is 10.0 Å². The van der Waals surface area contributed by atoms with Gasteiger partial charge in [0.05, 0.1) is 22.5 Å². The fourth-order valence-corrected chi connectivity index (χ4v) is 4.59. The van der Waals surface area contributed by atoms with Crippen molar-refractivity contribution in [2.45, 2.75) is 45.6 Å². The molecule has 13 heteroatoms. The molecule has 0 radical (unpaired) electrons. The molecule has 0 aliphatic carbocycles. The maximum absolute atomic E-state index is 13.4. The Morgan fingerprint density at radius 2 is 1.64 bits per heavy atom. The van der Waals surface area contributed by atoms with Crippen LogP contribution in [0.3, 0.4) is 0 Å². The minimum atomic E-state index is -4.77. The summed E-state index contributed by atoms with van der Waals surface area (Å²) in [5.74, 6) is -1.35. The fraction of sp³-hybridized carbons (Fsp3) is 0.391. The van der Waals surface area contributed by atoms with Crippen LogP contribution in [-0.4, -0.2) is 50.0 Å². The van der Waals surface area contributed by atoms with Crippen molar-refractivity contribution in [1.82, 2.24) is 10.2 Å². The molecule has 1 N–H and O–H groups in total. The molecule has 0 heterocycles. The van der Waals surface area contributed by atoms with Crippen molar-refractivity contribution in [3.05, 3.63) is 63.6 Å².